The average molecular weight is 281 g/mol. The molecule has 0 spiro atoms. The highest BCUT2D eigenvalue weighted by atomic mass is 32.2. The SMILES string of the molecule is O=c1[nH]c2ccc(S(=O)(=O)NC3CC3)cc2[nH]c1=O. The molecule has 0 aliphatic heterocycles. The minimum Gasteiger partial charge on any atom is -0.316 e. The van der Waals surface area contributed by atoms with Gasteiger partial charge in [0.05, 0.1) is 15.9 Å². The van der Waals surface area contributed by atoms with E-state index in [9.17, 15) is 18.0 Å². The summed E-state index contributed by atoms with van der Waals surface area (Å²) >= 11 is 0. The number of hydrogen-bond acceptors (Lipinski definition) is 4. The summed E-state index contributed by atoms with van der Waals surface area (Å²) in [5.41, 5.74) is -0.908. The summed E-state index contributed by atoms with van der Waals surface area (Å²) in [5, 5.41) is 0. The number of rotatable bonds is 3. The fraction of sp³-hybridized carbons (Fsp3) is 0.273. The summed E-state index contributed by atoms with van der Waals surface area (Å²) in [6.07, 6.45) is 1.69. The lowest BCUT2D eigenvalue weighted by molar-refractivity contribution is 0.581. The van der Waals surface area contributed by atoms with Gasteiger partial charge in [0, 0.05) is 6.04 Å². The van der Waals surface area contributed by atoms with Gasteiger partial charge in [0.1, 0.15) is 0 Å². The van der Waals surface area contributed by atoms with Gasteiger partial charge in [-0.25, -0.2) is 13.1 Å². The van der Waals surface area contributed by atoms with Crippen LogP contribution in [0.25, 0.3) is 11.0 Å². The average Bonchev–Trinajstić information content (AvgIpc) is 3.13. The number of aromatic nitrogens is 2. The molecule has 19 heavy (non-hydrogen) atoms. The minimum absolute atomic E-state index is 0.00956. The maximum atomic E-state index is 12.0. The van der Waals surface area contributed by atoms with Crippen molar-refractivity contribution in [2.45, 2.75) is 23.8 Å². The van der Waals surface area contributed by atoms with Crippen LogP contribution in [0.15, 0.2) is 32.7 Å². The zero-order chi connectivity index (χ0) is 13.6. The lowest BCUT2D eigenvalue weighted by Gasteiger charge is -2.06. The smallest absolute Gasteiger partial charge is 0.314 e. The van der Waals surface area contributed by atoms with Crippen molar-refractivity contribution in [2.75, 3.05) is 0 Å². The number of benzene rings is 1. The second kappa shape index (κ2) is 4.04. The van der Waals surface area contributed by atoms with Gasteiger partial charge < -0.3 is 9.97 Å². The summed E-state index contributed by atoms with van der Waals surface area (Å²) in [6.45, 7) is 0. The number of hydrogen-bond donors (Lipinski definition) is 3. The predicted molar refractivity (Wildman–Crippen MR) is 68.5 cm³/mol. The third kappa shape index (κ3) is 2.32. The molecule has 1 aliphatic rings. The van der Waals surface area contributed by atoms with Crippen LogP contribution < -0.4 is 15.8 Å². The fourth-order valence-electron chi connectivity index (χ4n) is 1.75. The van der Waals surface area contributed by atoms with Crippen LogP contribution in [0, 0.1) is 0 Å². The van der Waals surface area contributed by atoms with Crippen molar-refractivity contribution in [3.8, 4) is 0 Å². The molecule has 0 atom stereocenters. The number of aromatic amines is 2. The molecule has 0 saturated heterocycles. The van der Waals surface area contributed by atoms with Crippen LogP contribution in [0.5, 0.6) is 0 Å². The monoisotopic (exact) mass is 281 g/mol. The van der Waals surface area contributed by atoms with Crippen LogP contribution >= 0.6 is 0 Å². The highest BCUT2D eigenvalue weighted by Crippen LogP contribution is 2.22. The van der Waals surface area contributed by atoms with E-state index in [0.29, 0.717) is 5.52 Å². The molecule has 8 heteroatoms. The molecule has 1 aromatic heterocycles. The molecule has 100 valence electrons. The van der Waals surface area contributed by atoms with Gasteiger partial charge in [-0.15, -0.1) is 0 Å². The van der Waals surface area contributed by atoms with Crippen LogP contribution in [0.2, 0.25) is 0 Å². The Morgan fingerprint density at radius 3 is 2.32 bits per heavy atom. The van der Waals surface area contributed by atoms with Gasteiger partial charge in [-0.05, 0) is 31.0 Å². The van der Waals surface area contributed by atoms with Crippen molar-refractivity contribution < 1.29 is 8.42 Å². The van der Waals surface area contributed by atoms with E-state index < -0.39 is 21.1 Å². The Morgan fingerprint density at radius 1 is 1.05 bits per heavy atom. The van der Waals surface area contributed by atoms with Gasteiger partial charge in [-0.1, -0.05) is 0 Å². The lowest BCUT2D eigenvalue weighted by atomic mass is 10.3. The Balaban J connectivity index is 2.13. The van der Waals surface area contributed by atoms with Crippen LogP contribution in [0.3, 0.4) is 0 Å². The van der Waals surface area contributed by atoms with E-state index >= 15 is 0 Å². The third-order valence-electron chi connectivity index (χ3n) is 2.90. The summed E-state index contributed by atoms with van der Waals surface area (Å²) in [6, 6.07) is 4.18. The summed E-state index contributed by atoms with van der Waals surface area (Å²) < 4.78 is 26.6. The first kappa shape index (κ1) is 12.1. The molecule has 1 fully saturated rings. The Labute approximate surface area is 107 Å². The minimum atomic E-state index is -3.58. The number of nitrogens with one attached hydrogen (secondary N) is 3. The Hall–Kier alpha value is -1.93. The van der Waals surface area contributed by atoms with E-state index in [-0.39, 0.29) is 16.5 Å². The van der Waals surface area contributed by atoms with Crippen LogP contribution in [0.4, 0.5) is 0 Å². The van der Waals surface area contributed by atoms with Gasteiger partial charge in [-0.3, -0.25) is 9.59 Å². The predicted octanol–water partition coefficient (Wildman–Crippen LogP) is -0.343. The molecule has 1 aliphatic carbocycles. The Bertz CT molecular complexity index is 861. The highest BCUT2D eigenvalue weighted by Gasteiger charge is 2.28. The van der Waals surface area contributed by atoms with Gasteiger partial charge in [-0.2, -0.15) is 0 Å². The first-order chi connectivity index (χ1) is 8.95. The Kier molecular flexibility index (Phi) is 2.58. The lowest BCUT2D eigenvalue weighted by Crippen LogP contribution is -2.29. The topological polar surface area (TPSA) is 112 Å². The van der Waals surface area contributed by atoms with Gasteiger partial charge in [0.2, 0.25) is 10.0 Å². The van der Waals surface area contributed by atoms with E-state index in [1.54, 1.807) is 0 Å². The van der Waals surface area contributed by atoms with Gasteiger partial charge in [0.25, 0.3) is 0 Å². The highest BCUT2D eigenvalue weighted by molar-refractivity contribution is 7.89. The molecule has 0 amide bonds. The molecule has 1 heterocycles. The first-order valence-corrected chi connectivity index (χ1v) is 7.23. The number of fused-ring (bicyclic) bond motifs is 1. The van der Waals surface area contributed by atoms with Crippen molar-refractivity contribution in [1.29, 1.82) is 0 Å². The Morgan fingerprint density at radius 2 is 1.68 bits per heavy atom. The van der Waals surface area contributed by atoms with E-state index in [1.165, 1.54) is 18.2 Å². The zero-order valence-electron chi connectivity index (χ0n) is 9.76. The quantitative estimate of drug-likeness (QED) is 0.668. The molecule has 1 saturated carbocycles. The largest absolute Gasteiger partial charge is 0.316 e. The zero-order valence-corrected chi connectivity index (χ0v) is 10.6. The number of sulfonamides is 1. The van der Waals surface area contributed by atoms with Crippen molar-refractivity contribution in [1.82, 2.24) is 14.7 Å². The molecule has 7 nitrogen and oxygen atoms in total. The van der Waals surface area contributed by atoms with Gasteiger partial charge >= 0.3 is 11.1 Å². The molecular formula is C11H11N3O4S. The summed E-state index contributed by atoms with van der Waals surface area (Å²) in [7, 11) is -3.58. The first-order valence-electron chi connectivity index (χ1n) is 5.74. The molecule has 0 bridgehead atoms. The standard InChI is InChI=1S/C11H11N3O4S/c15-10-11(16)13-9-5-7(3-4-8(9)12-10)19(17,18)14-6-1-2-6/h3-6,14H,1-2H2,(H,12,15)(H,13,16). The van der Waals surface area contributed by atoms with E-state index in [4.69, 9.17) is 0 Å². The molecule has 2 aromatic rings. The molecule has 0 radical (unpaired) electrons. The molecule has 0 unspecified atom stereocenters. The van der Waals surface area contributed by atoms with E-state index in [0.717, 1.165) is 12.8 Å². The summed E-state index contributed by atoms with van der Waals surface area (Å²) in [4.78, 5) is 27.1. The molecular weight excluding hydrogens is 270 g/mol. The van der Waals surface area contributed by atoms with Crippen LogP contribution in [-0.4, -0.2) is 24.4 Å². The van der Waals surface area contributed by atoms with Crippen molar-refractivity contribution in [3.63, 3.8) is 0 Å². The molecule has 3 rings (SSSR count). The second-order valence-electron chi connectivity index (χ2n) is 4.51. The second-order valence-corrected chi connectivity index (χ2v) is 6.23. The van der Waals surface area contributed by atoms with Crippen molar-refractivity contribution in [3.05, 3.63) is 38.9 Å². The maximum absolute atomic E-state index is 12.0. The van der Waals surface area contributed by atoms with Crippen molar-refractivity contribution in [2.24, 2.45) is 0 Å². The number of H-pyrrole nitrogens is 2. The van der Waals surface area contributed by atoms with E-state index in [1.807, 2.05) is 0 Å². The molecule has 3 N–H and O–H groups in total. The maximum Gasteiger partial charge on any atom is 0.314 e. The van der Waals surface area contributed by atoms with Crippen molar-refractivity contribution >= 4 is 21.1 Å². The van der Waals surface area contributed by atoms with Gasteiger partial charge in [0.15, 0.2) is 0 Å². The molecule has 1 aromatic carbocycles. The fourth-order valence-corrected chi connectivity index (χ4v) is 3.08. The van der Waals surface area contributed by atoms with E-state index in [2.05, 4.69) is 14.7 Å². The van der Waals surface area contributed by atoms with Crippen LogP contribution in [0.1, 0.15) is 12.8 Å². The van der Waals surface area contributed by atoms with Crippen LogP contribution in [-0.2, 0) is 10.0 Å². The normalized spacial score (nSPS) is 15.8. The third-order valence-corrected chi connectivity index (χ3v) is 4.42. The summed E-state index contributed by atoms with van der Waals surface area (Å²) in [5.74, 6) is 0.